The highest BCUT2D eigenvalue weighted by atomic mass is 35.5. The molecule has 1 N–H and O–H groups in total. The van der Waals surface area contributed by atoms with Crippen LogP contribution in [0, 0.1) is 18.6 Å². The molecule has 6 heteroatoms. The van der Waals surface area contributed by atoms with Crippen LogP contribution in [0.15, 0.2) is 36.4 Å². The Morgan fingerprint density at radius 3 is 2.73 bits per heavy atom. The zero-order valence-electron chi connectivity index (χ0n) is 11.8. The van der Waals surface area contributed by atoms with Crippen molar-refractivity contribution in [3.63, 3.8) is 0 Å². The zero-order chi connectivity index (χ0) is 16.1. The predicted octanol–water partition coefficient (Wildman–Crippen LogP) is 4.80. The van der Waals surface area contributed by atoms with Gasteiger partial charge in [0.2, 0.25) is 5.91 Å². The van der Waals surface area contributed by atoms with Crippen molar-refractivity contribution in [2.24, 2.45) is 0 Å². The van der Waals surface area contributed by atoms with Gasteiger partial charge < -0.3 is 5.32 Å². The molecule has 0 aliphatic heterocycles. The maximum absolute atomic E-state index is 13.1. The van der Waals surface area contributed by atoms with Gasteiger partial charge in [0.25, 0.3) is 0 Å². The third-order valence-corrected chi connectivity index (χ3v) is 4.44. The van der Waals surface area contributed by atoms with Crippen molar-refractivity contribution in [3.8, 4) is 0 Å². The quantitative estimate of drug-likeness (QED) is 0.846. The fourth-order valence-electron chi connectivity index (χ4n) is 1.82. The Bertz CT molecular complexity index is 694. The number of carbonyl (C=O) groups is 1. The van der Waals surface area contributed by atoms with Crippen LogP contribution in [0.1, 0.15) is 11.1 Å². The number of hydrogen-bond acceptors (Lipinski definition) is 2. The van der Waals surface area contributed by atoms with Crippen LogP contribution in [0.3, 0.4) is 0 Å². The van der Waals surface area contributed by atoms with E-state index in [0.717, 1.165) is 17.7 Å². The summed E-state index contributed by atoms with van der Waals surface area (Å²) in [5.41, 5.74) is 2.12. The Labute approximate surface area is 136 Å². The molecule has 0 aromatic heterocycles. The highest BCUT2D eigenvalue weighted by Crippen LogP contribution is 2.23. The van der Waals surface area contributed by atoms with E-state index in [0.29, 0.717) is 22.0 Å². The summed E-state index contributed by atoms with van der Waals surface area (Å²) in [6.07, 6.45) is 0. The van der Waals surface area contributed by atoms with Crippen LogP contribution in [0.25, 0.3) is 0 Å². The largest absolute Gasteiger partial charge is 0.325 e. The molecule has 2 aromatic carbocycles. The summed E-state index contributed by atoms with van der Waals surface area (Å²) in [4.78, 5) is 11.9. The molecule has 2 nitrogen and oxygen atoms in total. The number of halogens is 3. The van der Waals surface area contributed by atoms with Crippen LogP contribution < -0.4 is 5.32 Å². The fraction of sp³-hybridized carbons (Fsp3) is 0.188. The molecule has 2 aromatic rings. The molecule has 1 amide bonds. The molecule has 0 saturated carbocycles. The average molecular weight is 342 g/mol. The topological polar surface area (TPSA) is 29.1 Å². The van der Waals surface area contributed by atoms with Crippen LogP contribution in [-0.2, 0) is 10.5 Å². The van der Waals surface area contributed by atoms with Crippen molar-refractivity contribution in [2.75, 3.05) is 11.1 Å². The SMILES string of the molecule is Cc1c(Cl)cccc1NC(=O)CSCc1ccc(F)c(F)c1. The third-order valence-electron chi connectivity index (χ3n) is 3.03. The normalized spacial score (nSPS) is 10.5. The Kier molecular flexibility index (Phi) is 5.80. The van der Waals surface area contributed by atoms with E-state index in [-0.39, 0.29) is 11.7 Å². The second-order valence-electron chi connectivity index (χ2n) is 4.70. The zero-order valence-corrected chi connectivity index (χ0v) is 13.4. The monoisotopic (exact) mass is 341 g/mol. The van der Waals surface area contributed by atoms with E-state index < -0.39 is 11.6 Å². The number of hydrogen-bond donors (Lipinski definition) is 1. The van der Waals surface area contributed by atoms with E-state index in [1.54, 1.807) is 18.2 Å². The molecule has 0 fully saturated rings. The van der Waals surface area contributed by atoms with E-state index in [9.17, 15) is 13.6 Å². The molecule has 0 unspecified atom stereocenters. The molecular formula is C16H14ClF2NOS. The number of benzene rings is 2. The molecule has 0 saturated heterocycles. The summed E-state index contributed by atoms with van der Waals surface area (Å²) in [5.74, 6) is -1.28. The first kappa shape index (κ1) is 16.8. The average Bonchev–Trinajstić information content (AvgIpc) is 2.48. The molecule has 0 radical (unpaired) electrons. The summed E-state index contributed by atoms with van der Waals surface area (Å²) < 4.78 is 25.9. The second-order valence-corrected chi connectivity index (χ2v) is 6.09. The number of amides is 1. The Balaban J connectivity index is 1.85. The van der Waals surface area contributed by atoms with Crippen molar-refractivity contribution >= 4 is 35.0 Å². The van der Waals surface area contributed by atoms with Gasteiger partial charge in [-0.3, -0.25) is 4.79 Å². The van der Waals surface area contributed by atoms with Crippen molar-refractivity contribution in [3.05, 3.63) is 64.2 Å². The van der Waals surface area contributed by atoms with Gasteiger partial charge in [-0.25, -0.2) is 8.78 Å². The van der Waals surface area contributed by atoms with Gasteiger partial charge >= 0.3 is 0 Å². The summed E-state index contributed by atoms with van der Waals surface area (Å²) in [7, 11) is 0. The van der Waals surface area contributed by atoms with Crippen LogP contribution >= 0.6 is 23.4 Å². The highest BCUT2D eigenvalue weighted by molar-refractivity contribution is 7.99. The van der Waals surface area contributed by atoms with Crippen LogP contribution in [-0.4, -0.2) is 11.7 Å². The van der Waals surface area contributed by atoms with E-state index in [1.165, 1.54) is 17.8 Å². The molecular weight excluding hydrogens is 328 g/mol. The lowest BCUT2D eigenvalue weighted by Crippen LogP contribution is -2.15. The molecule has 116 valence electrons. The number of rotatable bonds is 5. The summed E-state index contributed by atoms with van der Waals surface area (Å²) in [6.45, 7) is 1.83. The van der Waals surface area contributed by atoms with E-state index in [2.05, 4.69) is 5.32 Å². The number of thioether (sulfide) groups is 1. The molecule has 22 heavy (non-hydrogen) atoms. The standard InChI is InChI=1S/C16H14ClF2NOS/c1-10-12(17)3-2-4-15(10)20-16(21)9-22-8-11-5-6-13(18)14(19)7-11/h2-7H,8-9H2,1H3,(H,20,21). The molecule has 0 bridgehead atoms. The lowest BCUT2D eigenvalue weighted by Gasteiger charge is -2.09. The molecule has 0 spiro atoms. The second kappa shape index (κ2) is 7.61. The first-order chi connectivity index (χ1) is 10.5. The van der Waals surface area contributed by atoms with Crippen LogP contribution in [0.2, 0.25) is 5.02 Å². The minimum atomic E-state index is -0.878. The minimum absolute atomic E-state index is 0.169. The van der Waals surface area contributed by atoms with Crippen LogP contribution in [0.5, 0.6) is 0 Å². The first-order valence-electron chi connectivity index (χ1n) is 6.54. The van der Waals surface area contributed by atoms with Crippen molar-refractivity contribution < 1.29 is 13.6 Å². The lowest BCUT2D eigenvalue weighted by molar-refractivity contribution is -0.113. The van der Waals surface area contributed by atoms with E-state index in [4.69, 9.17) is 11.6 Å². The van der Waals surface area contributed by atoms with Crippen molar-refractivity contribution in [1.82, 2.24) is 0 Å². The highest BCUT2D eigenvalue weighted by Gasteiger charge is 2.08. The Morgan fingerprint density at radius 1 is 1.23 bits per heavy atom. The lowest BCUT2D eigenvalue weighted by atomic mass is 10.2. The summed E-state index contributed by atoms with van der Waals surface area (Å²) in [6, 6.07) is 9.02. The number of carbonyl (C=O) groups excluding carboxylic acids is 1. The van der Waals surface area contributed by atoms with E-state index >= 15 is 0 Å². The van der Waals surface area contributed by atoms with Gasteiger partial charge in [-0.1, -0.05) is 23.7 Å². The van der Waals surface area contributed by atoms with Crippen molar-refractivity contribution in [2.45, 2.75) is 12.7 Å². The molecule has 2 rings (SSSR count). The van der Waals surface area contributed by atoms with Crippen molar-refractivity contribution in [1.29, 1.82) is 0 Å². The van der Waals surface area contributed by atoms with Gasteiger partial charge in [-0.2, -0.15) is 0 Å². The van der Waals surface area contributed by atoms with Gasteiger partial charge in [-0.15, -0.1) is 11.8 Å². The smallest absolute Gasteiger partial charge is 0.234 e. The maximum atomic E-state index is 13.1. The minimum Gasteiger partial charge on any atom is -0.325 e. The first-order valence-corrected chi connectivity index (χ1v) is 8.07. The maximum Gasteiger partial charge on any atom is 0.234 e. The molecule has 0 atom stereocenters. The van der Waals surface area contributed by atoms with Gasteiger partial charge in [-0.05, 0) is 42.3 Å². The Hall–Kier alpha value is -1.59. The summed E-state index contributed by atoms with van der Waals surface area (Å²) >= 11 is 7.31. The summed E-state index contributed by atoms with van der Waals surface area (Å²) in [5, 5.41) is 3.37. The Morgan fingerprint density at radius 2 is 2.00 bits per heavy atom. The van der Waals surface area contributed by atoms with Gasteiger partial charge in [0.15, 0.2) is 11.6 Å². The van der Waals surface area contributed by atoms with E-state index in [1.807, 2.05) is 6.92 Å². The van der Waals surface area contributed by atoms with Gasteiger partial charge in [0.05, 0.1) is 5.75 Å². The molecule has 0 aliphatic rings. The van der Waals surface area contributed by atoms with Crippen LogP contribution in [0.4, 0.5) is 14.5 Å². The third kappa shape index (κ3) is 4.45. The molecule has 0 heterocycles. The van der Waals surface area contributed by atoms with Gasteiger partial charge in [0.1, 0.15) is 0 Å². The fourth-order valence-corrected chi connectivity index (χ4v) is 2.77. The number of nitrogens with one attached hydrogen (secondary N) is 1. The number of anilines is 1. The van der Waals surface area contributed by atoms with Gasteiger partial charge in [0, 0.05) is 16.5 Å². The predicted molar refractivity (Wildman–Crippen MR) is 87.3 cm³/mol. The molecule has 0 aliphatic carbocycles.